The SMILES string of the molecule is OC(c1cnc2c(cnn2-c2cccc(-c3nncn3C3CCCCO3)c2)c1)N1CCC(F)(F)CC1. The van der Waals surface area contributed by atoms with E-state index in [1.807, 2.05) is 34.9 Å². The normalized spacial score (nSPS) is 21.6. The summed E-state index contributed by atoms with van der Waals surface area (Å²) in [4.78, 5) is 6.21. The third kappa shape index (κ3) is 4.38. The van der Waals surface area contributed by atoms with Gasteiger partial charge in [-0.2, -0.15) is 5.10 Å². The van der Waals surface area contributed by atoms with Gasteiger partial charge in [-0.05, 0) is 37.5 Å². The second-order valence-electron chi connectivity index (χ2n) is 9.44. The van der Waals surface area contributed by atoms with Crippen molar-refractivity contribution in [3.63, 3.8) is 0 Å². The van der Waals surface area contributed by atoms with E-state index in [9.17, 15) is 13.9 Å². The highest BCUT2D eigenvalue weighted by molar-refractivity contribution is 5.77. The van der Waals surface area contributed by atoms with E-state index in [1.165, 1.54) is 0 Å². The zero-order valence-corrected chi connectivity index (χ0v) is 19.7. The van der Waals surface area contributed by atoms with E-state index < -0.39 is 12.2 Å². The van der Waals surface area contributed by atoms with Gasteiger partial charge in [0, 0.05) is 55.2 Å². The van der Waals surface area contributed by atoms with Gasteiger partial charge in [0.1, 0.15) is 18.8 Å². The van der Waals surface area contributed by atoms with Gasteiger partial charge in [-0.15, -0.1) is 10.2 Å². The highest BCUT2D eigenvalue weighted by Gasteiger charge is 2.36. The number of aromatic nitrogens is 6. The quantitative estimate of drug-likeness (QED) is 0.446. The van der Waals surface area contributed by atoms with Gasteiger partial charge in [0.15, 0.2) is 11.5 Å². The summed E-state index contributed by atoms with van der Waals surface area (Å²) in [5, 5.41) is 24.5. The number of hydrogen-bond donors (Lipinski definition) is 1. The van der Waals surface area contributed by atoms with Gasteiger partial charge in [0.05, 0.1) is 11.9 Å². The number of halogens is 2. The van der Waals surface area contributed by atoms with Crippen molar-refractivity contribution < 1.29 is 18.6 Å². The first-order chi connectivity index (χ1) is 17.5. The molecule has 2 saturated heterocycles. The van der Waals surface area contributed by atoms with Gasteiger partial charge in [0.25, 0.3) is 5.92 Å². The third-order valence-corrected chi connectivity index (χ3v) is 6.99. The molecule has 1 aromatic carbocycles. The van der Waals surface area contributed by atoms with Gasteiger partial charge in [-0.1, -0.05) is 12.1 Å². The standard InChI is InChI=1S/C25H27F2N7O2/c26-25(27)7-9-32(10-8-25)24(35)19-12-18-15-30-34(22(18)28-14-19)20-5-3-4-17(13-20)23-31-29-16-33(23)21-6-1-2-11-36-21/h3-5,12-16,21,24,35H,1-2,6-11H2. The molecule has 2 aliphatic rings. The lowest BCUT2D eigenvalue weighted by Gasteiger charge is -2.34. The van der Waals surface area contributed by atoms with E-state index in [4.69, 9.17) is 4.74 Å². The molecule has 2 unspecified atom stereocenters. The Hall–Kier alpha value is -3.28. The summed E-state index contributed by atoms with van der Waals surface area (Å²) in [6.45, 7) is 0.998. The minimum absolute atomic E-state index is 0.0735. The Bertz CT molecular complexity index is 1360. The Balaban J connectivity index is 1.27. The van der Waals surface area contributed by atoms with Gasteiger partial charge >= 0.3 is 0 Å². The summed E-state index contributed by atoms with van der Waals surface area (Å²) in [5.41, 5.74) is 2.88. The fourth-order valence-electron chi connectivity index (χ4n) is 4.95. The average Bonchev–Trinajstić information content (AvgIpc) is 3.56. The summed E-state index contributed by atoms with van der Waals surface area (Å²) in [7, 11) is 0. The molecule has 5 heterocycles. The van der Waals surface area contributed by atoms with E-state index >= 15 is 0 Å². The number of aliphatic hydroxyl groups is 1. The van der Waals surface area contributed by atoms with Crippen molar-refractivity contribution in [2.45, 2.75) is 50.5 Å². The molecule has 0 amide bonds. The molecule has 6 rings (SSSR count). The van der Waals surface area contributed by atoms with Crippen LogP contribution in [0.4, 0.5) is 8.78 Å². The van der Waals surface area contributed by atoms with Crippen LogP contribution in [0.5, 0.6) is 0 Å². The molecule has 0 saturated carbocycles. The van der Waals surface area contributed by atoms with Crippen LogP contribution in [0.3, 0.4) is 0 Å². The number of alkyl halides is 2. The maximum atomic E-state index is 13.5. The van der Waals surface area contributed by atoms with E-state index in [1.54, 1.807) is 28.3 Å². The van der Waals surface area contributed by atoms with Crippen LogP contribution in [0, 0.1) is 0 Å². The molecule has 0 radical (unpaired) electrons. The van der Waals surface area contributed by atoms with Crippen molar-refractivity contribution in [1.82, 2.24) is 34.4 Å². The molecule has 2 fully saturated rings. The number of ether oxygens (including phenoxy) is 1. The Labute approximate surface area is 206 Å². The topological polar surface area (TPSA) is 94.1 Å². The Morgan fingerprint density at radius 1 is 1.11 bits per heavy atom. The maximum Gasteiger partial charge on any atom is 0.250 e. The van der Waals surface area contributed by atoms with E-state index in [2.05, 4.69) is 20.3 Å². The lowest BCUT2D eigenvalue weighted by Crippen LogP contribution is -2.41. The van der Waals surface area contributed by atoms with Crippen molar-refractivity contribution in [1.29, 1.82) is 0 Å². The molecule has 2 atom stereocenters. The van der Waals surface area contributed by atoms with Crippen LogP contribution < -0.4 is 0 Å². The Kier molecular flexibility index (Phi) is 5.98. The molecule has 36 heavy (non-hydrogen) atoms. The van der Waals surface area contributed by atoms with E-state index in [0.717, 1.165) is 48.3 Å². The van der Waals surface area contributed by atoms with Crippen LogP contribution in [-0.2, 0) is 4.74 Å². The largest absolute Gasteiger partial charge is 0.374 e. The number of aliphatic hydroxyl groups excluding tert-OH is 1. The monoisotopic (exact) mass is 495 g/mol. The average molecular weight is 496 g/mol. The van der Waals surface area contributed by atoms with Crippen LogP contribution in [0.15, 0.2) is 49.1 Å². The molecule has 188 valence electrons. The first kappa shape index (κ1) is 23.1. The van der Waals surface area contributed by atoms with E-state index in [0.29, 0.717) is 11.2 Å². The number of likely N-dealkylation sites (tertiary alicyclic amines) is 1. The van der Waals surface area contributed by atoms with Gasteiger partial charge in [-0.3, -0.25) is 9.47 Å². The Morgan fingerprint density at radius 3 is 2.78 bits per heavy atom. The number of nitrogens with zero attached hydrogens (tertiary/aromatic N) is 7. The zero-order chi connectivity index (χ0) is 24.7. The van der Waals surface area contributed by atoms with Gasteiger partial charge < -0.3 is 9.84 Å². The van der Waals surface area contributed by atoms with Crippen molar-refractivity contribution in [3.05, 3.63) is 54.6 Å². The Morgan fingerprint density at radius 2 is 1.97 bits per heavy atom. The molecule has 11 heteroatoms. The zero-order valence-electron chi connectivity index (χ0n) is 19.7. The van der Waals surface area contributed by atoms with Crippen LogP contribution in [0.25, 0.3) is 28.1 Å². The minimum Gasteiger partial charge on any atom is -0.374 e. The number of pyridine rings is 1. The number of piperidine rings is 1. The molecular weight excluding hydrogens is 468 g/mol. The number of benzene rings is 1. The van der Waals surface area contributed by atoms with Gasteiger partial charge in [0.2, 0.25) is 0 Å². The minimum atomic E-state index is -2.66. The molecule has 2 aliphatic heterocycles. The second kappa shape index (κ2) is 9.30. The molecule has 9 nitrogen and oxygen atoms in total. The maximum absolute atomic E-state index is 13.5. The van der Waals surface area contributed by atoms with Gasteiger partial charge in [-0.25, -0.2) is 18.4 Å². The fourth-order valence-corrected chi connectivity index (χ4v) is 4.95. The molecular formula is C25H27F2N7O2. The summed E-state index contributed by atoms with van der Waals surface area (Å²) < 4.78 is 36.6. The fraction of sp³-hybridized carbons (Fsp3) is 0.440. The summed E-state index contributed by atoms with van der Waals surface area (Å²) in [6.07, 6.45) is 6.50. The third-order valence-electron chi connectivity index (χ3n) is 6.99. The molecule has 0 bridgehead atoms. The highest BCUT2D eigenvalue weighted by atomic mass is 19.3. The van der Waals surface area contributed by atoms with Crippen LogP contribution in [0.1, 0.15) is 50.1 Å². The first-order valence-electron chi connectivity index (χ1n) is 12.2. The number of fused-ring (bicyclic) bond motifs is 1. The van der Waals surface area contributed by atoms with E-state index in [-0.39, 0.29) is 32.2 Å². The summed E-state index contributed by atoms with van der Waals surface area (Å²) in [6, 6.07) is 9.64. The van der Waals surface area contributed by atoms with Crippen molar-refractivity contribution >= 4 is 11.0 Å². The molecule has 4 aromatic rings. The second-order valence-corrected chi connectivity index (χ2v) is 9.44. The highest BCUT2D eigenvalue weighted by Crippen LogP contribution is 2.32. The predicted octanol–water partition coefficient (Wildman–Crippen LogP) is 4.10. The van der Waals surface area contributed by atoms with Crippen LogP contribution in [-0.4, -0.2) is 65.2 Å². The van der Waals surface area contributed by atoms with Crippen LogP contribution >= 0.6 is 0 Å². The molecule has 0 aliphatic carbocycles. The lowest BCUT2D eigenvalue weighted by atomic mass is 10.1. The molecule has 0 spiro atoms. The number of rotatable bonds is 5. The predicted molar refractivity (Wildman–Crippen MR) is 127 cm³/mol. The van der Waals surface area contributed by atoms with Crippen LogP contribution in [0.2, 0.25) is 0 Å². The molecule has 3 aromatic heterocycles. The summed E-state index contributed by atoms with van der Waals surface area (Å²) in [5.74, 6) is -1.93. The van der Waals surface area contributed by atoms with Crippen molar-refractivity contribution in [3.8, 4) is 17.1 Å². The van der Waals surface area contributed by atoms with Crippen molar-refractivity contribution in [2.24, 2.45) is 0 Å². The lowest BCUT2D eigenvalue weighted by molar-refractivity contribution is -0.0961. The number of hydrogen-bond acceptors (Lipinski definition) is 7. The smallest absolute Gasteiger partial charge is 0.250 e. The summed E-state index contributed by atoms with van der Waals surface area (Å²) >= 11 is 0. The molecule has 1 N–H and O–H groups in total. The first-order valence-corrected chi connectivity index (χ1v) is 12.2. The van der Waals surface area contributed by atoms with Crippen molar-refractivity contribution in [2.75, 3.05) is 19.7 Å².